The number of carbonyl (C=O) groups is 1. The van der Waals surface area contributed by atoms with Gasteiger partial charge >= 0.3 is 0 Å². The predicted octanol–water partition coefficient (Wildman–Crippen LogP) is 3.43. The molecule has 1 saturated heterocycles. The van der Waals surface area contributed by atoms with Crippen molar-refractivity contribution in [2.24, 2.45) is 0 Å². The summed E-state index contributed by atoms with van der Waals surface area (Å²) in [6.45, 7) is 0.755. The molecule has 1 fully saturated rings. The Morgan fingerprint density at radius 3 is 2.71 bits per heavy atom. The molecule has 0 aliphatic carbocycles. The van der Waals surface area contributed by atoms with E-state index in [4.69, 9.17) is 4.74 Å². The zero-order valence-electron chi connectivity index (χ0n) is 15.9. The summed E-state index contributed by atoms with van der Waals surface area (Å²) in [4.78, 5) is 15.4. The van der Waals surface area contributed by atoms with Gasteiger partial charge in [-0.1, -0.05) is 31.0 Å². The quantitative estimate of drug-likeness (QED) is 0.696. The van der Waals surface area contributed by atoms with E-state index in [2.05, 4.69) is 27.7 Å². The Hall–Kier alpha value is -3.22. The van der Waals surface area contributed by atoms with Gasteiger partial charge in [0.15, 0.2) is 0 Å². The van der Waals surface area contributed by atoms with Crippen molar-refractivity contribution in [3.05, 3.63) is 66.0 Å². The van der Waals surface area contributed by atoms with E-state index < -0.39 is 0 Å². The van der Waals surface area contributed by atoms with Crippen molar-refractivity contribution in [2.75, 3.05) is 13.7 Å². The maximum Gasteiger partial charge on any atom is 0.254 e. The van der Waals surface area contributed by atoms with E-state index in [1.807, 2.05) is 41.3 Å². The number of carbonyl (C=O) groups excluding carboxylic acids is 1. The Kier molecular flexibility index (Phi) is 5.32. The first kappa shape index (κ1) is 18.2. The van der Waals surface area contributed by atoms with Crippen LogP contribution in [0, 0.1) is 0 Å². The average molecular weight is 377 g/mol. The summed E-state index contributed by atoms with van der Waals surface area (Å²) in [6.07, 6.45) is 5.76. The molecule has 7 heteroatoms. The second-order valence-corrected chi connectivity index (χ2v) is 6.94. The Morgan fingerprint density at radius 1 is 1.11 bits per heavy atom. The molecule has 0 bridgehead atoms. The third kappa shape index (κ3) is 3.74. The highest BCUT2D eigenvalue weighted by Crippen LogP contribution is 2.32. The summed E-state index contributed by atoms with van der Waals surface area (Å²) in [5.41, 5.74) is 2.56. The number of rotatable bonds is 4. The normalized spacial score (nSPS) is 17.2. The van der Waals surface area contributed by atoms with E-state index >= 15 is 0 Å². The molecule has 28 heavy (non-hydrogen) atoms. The highest BCUT2D eigenvalue weighted by molar-refractivity contribution is 5.95. The van der Waals surface area contributed by atoms with E-state index in [1.165, 1.54) is 6.33 Å². The monoisotopic (exact) mass is 377 g/mol. The van der Waals surface area contributed by atoms with E-state index in [1.54, 1.807) is 11.8 Å². The Balaban J connectivity index is 1.64. The molecule has 7 nitrogen and oxygen atoms in total. The van der Waals surface area contributed by atoms with Crippen LogP contribution in [0.4, 0.5) is 0 Å². The summed E-state index contributed by atoms with van der Waals surface area (Å²) in [6, 6.07) is 15.6. The van der Waals surface area contributed by atoms with Gasteiger partial charge in [-0.2, -0.15) is 0 Å². The minimum absolute atomic E-state index is 0.0395. The molecule has 2 aromatic carbocycles. The molecule has 4 rings (SSSR count). The molecule has 1 atom stereocenters. The molecule has 1 aromatic heterocycles. The van der Waals surface area contributed by atoms with Crippen LogP contribution in [0.15, 0.2) is 54.9 Å². The molecule has 1 unspecified atom stereocenters. The average Bonchev–Trinajstić information content (AvgIpc) is 3.18. The second-order valence-electron chi connectivity index (χ2n) is 6.94. The zero-order valence-corrected chi connectivity index (χ0v) is 15.9. The summed E-state index contributed by atoms with van der Waals surface area (Å²) in [7, 11) is 1.66. The van der Waals surface area contributed by atoms with Crippen LogP contribution in [0.5, 0.6) is 5.75 Å². The topological polar surface area (TPSA) is 73.1 Å². The number of ether oxygens (including phenoxy) is 1. The first-order valence-electron chi connectivity index (χ1n) is 9.54. The SMILES string of the molecule is COc1ccc(C2CCCCCN2C(=O)c2cccc(-n3cnnn3)c2)cc1. The Bertz CT molecular complexity index is 924. The number of methoxy groups -OCH3 is 1. The van der Waals surface area contributed by atoms with E-state index in [0.29, 0.717) is 5.56 Å². The first-order chi connectivity index (χ1) is 13.8. The maximum atomic E-state index is 13.4. The van der Waals surface area contributed by atoms with Crippen LogP contribution in [0.1, 0.15) is 47.6 Å². The number of nitrogens with zero attached hydrogens (tertiary/aromatic N) is 5. The van der Waals surface area contributed by atoms with Crippen molar-refractivity contribution < 1.29 is 9.53 Å². The number of aromatic nitrogens is 4. The van der Waals surface area contributed by atoms with Crippen LogP contribution in [0.25, 0.3) is 5.69 Å². The van der Waals surface area contributed by atoms with Crippen LogP contribution in [0.2, 0.25) is 0 Å². The van der Waals surface area contributed by atoms with Crippen molar-refractivity contribution in [2.45, 2.75) is 31.7 Å². The van der Waals surface area contributed by atoms with Gasteiger partial charge in [0.2, 0.25) is 0 Å². The fourth-order valence-corrected chi connectivity index (χ4v) is 3.75. The van der Waals surface area contributed by atoms with Crippen LogP contribution >= 0.6 is 0 Å². The minimum Gasteiger partial charge on any atom is -0.497 e. The molecule has 144 valence electrons. The first-order valence-corrected chi connectivity index (χ1v) is 9.54. The lowest BCUT2D eigenvalue weighted by atomic mass is 10.00. The van der Waals surface area contributed by atoms with E-state index in [-0.39, 0.29) is 11.9 Å². The van der Waals surface area contributed by atoms with Gasteiger partial charge < -0.3 is 9.64 Å². The zero-order chi connectivity index (χ0) is 19.3. The lowest BCUT2D eigenvalue weighted by Crippen LogP contribution is -2.34. The summed E-state index contributed by atoms with van der Waals surface area (Å²) >= 11 is 0. The van der Waals surface area contributed by atoms with Gasteiger partial charge in [0.1, 0.15) is 12.1 Å². The largest absolute Gasteiger partial charge is 0.497 e. The number of likely N-dealkylation sites (tertiary alicyclic amines) is 1. The van der Waals surface area contributed by atoms with Gasteiger partial charge in [-0.15, -0.1) is 5.10 Å². The summed E-state index contributed by atoms with van der Waals surface area (Å²) in [5.74, 6) is 0.863. The standard InChI is InChI=1S/C21H23N5O2/c1-28-19-11-9-16(10-12-19)20-8-3-2-4-13-25(20)21(27)17-6-5-7-18(14-17)26-15-22-23-24-26/h5-7,9-12,14-15,20H,2-4,8,13H2,1H3. The second kappa shape index (κ2) is 8.21. The fraction of sp³-hybridized carbons (Fsp3) is 0.333. The smallest absolute Gasteiger partial charge is 0.254 e. The third-order valence-electron chi connectivity index (χ3n) is 5.22. The molecule has 3 aromatic rings. The van der Waals surface area contributed by atoms with Crippen LogP contribution in [-0.2, 0) is 0 Å². The maximum absolute atomic E-state index is 13.4. The molecule has 1 amide bonds. The van der Waals surface area contributed by atoms with Crippen molar-refractivity contribution in [1.29, 1.82) is 0 Å². The van der Waals surface area contributed by atoms with Crippen molar-refractivity contribution in [3.63, 3.8) is 0 Å². The number of hydrogen-bond acceptors (Lipinski definition) is 5. The van der Waals surface area contributed by atoms with Gasteiger partial charge in [-0.3, -0.25) is 4.79 Å². The highest BCUT2D eigenvalue weighted by atomic mass is 16.5. The molecule has 1 aliphatic heterocycles. The summed E-state index contributed by atoms with van der Waals surface area (Å²) in [5, 5.41) is 11.2. The van der Waals surface area contributed by atoms with Crippen molar-refractivity contribution in [3.8, 4) is 11.4 Å². The summed E-state index contributed by atoms with van der Waals surface area (Å²) < 4.78 is 6.83. The van der Waals surface area contributed by atoms with E-state index in [9.17, 15) is 4.79 Å². The molecule has 0 spiro atoms. The highest BCUT2D eigenvalue weighted by Gasteiger charge is 2.27. The predicted molar refractivity (Wildman–Crippen MR) is 104 cm³/mol. The molecule has 0 saturated carbocycles. The van der Waals surface area contributed by atoms with Crippen molar-refractivity contribution >= 4 is 5.91 Å². The number of amides is 1. The number of benzene rings is 2. The lowest BCUT2D eigenvalue weighted by molar-refractivity contribution is 0.0681. The number of tetrazole rings is 1. The minimum atomic E-state index is 0.0395. The molecule has 2 heterocycles. The molecule has 0 N–H and O–H groups in total. The van der Waals surface area contributed by atoms with Gasteiger partial charge in [-0.25, -0.2) is 4.68 Å². The van der Waals surface area contributed by atoms with Crippen LogP contribution in [-0.4, -0.2) is 44.7 Å². The lowest BCUT2D eigenvalue weighted by Gasteiger charge is -2.31. The third-order valence-corrected chi connectivity index (χ3v) is 5.22. The van der Waals surface area contributed by atoms with Crippen molar-refractivity contribution in [1.82, 2.24) is 25.1 Å². The molecule has 1 aliphatic rings. The Morgan fingerprint density at radius 2 is 1.96 bits per heavy atom. The van der Waals surface area contributed by atoms with Gasteiger partial charge in [0.25, 0.3) is 5.91 Å². The van der Waals surface area contributed by atoms with Crippen LogP contribution < -0.4 is 4.74 Å². The molecular formula is C21H23N5O2. The number of hydrogen-bond donors (Lipinski definition) is 0. The van der Waals surface area contributed by atoms with Gasteiger partial charge in [0, 0.05) is 12.1 Å². The Labute approximate surface area is 163 Å². The van der Waals surface area contributed by atoms with Gasteiger partial charge in [0.05, 0.1) is 18.8 Å². The van der Waals surface area contributed by atoms with Gasteiger partial charge in [-0.05, 0) is 59.2 Å². The fourth-order valence-electron chi connectivity index (χ4n) is 3.75. The van der Waals surface area contributed by atoms with Crippen LogP contribution in [0.3, 0.4) is 0 Å². The van der Waals surface area contributed by atoms with E-state index in [0.717, 1.165) is 49.2 Å². The molecular weight excluding hydrogens is 354 g/mol. The molecule has 0 radical (unpaired) electrons.